The number of rotatable bonds is 8. The van der Waals surface area contributed by atoms with E-state index in [1.165, 1.54) is 18.3 Å². The molecular formula is C24H20ClFN2O4. The summed E-state index contributed by atoms with van der Waals surface area (Å²) in [6.07, 6.45) is 4.03. The lowest BCUT2D eigenvalue weighted by Crippen LogP contribution is -2.75. The number of nitrogens with zero attached hydrogens (tertiary/aromatic N) is 1. The first-order valence-corrected chi connectivity index (χ1v) is 10.7. The third kappa shape index (κ3) is 3.88. The zero-order chi connectivity index (χ0) is 22.3. The summed E-state index contributed by atoms with van der Waals surface area (Å²) in [4.78, 5) is 29.1. The van der Waals surface area contributed by atoms with Gasteiger partial charge in [-0.25, -0.2) is 9.37 Å². The average molecular weight is 455 g/mol. The zero-order valence-electron chi connectivity index (χ0n) is 17.1. The van der Waals surface area contributed by atoms with Crippen molar-refractivity contribution < 1.29 is 23.1 Å². The Bertz CT molecular complexity index is 1170. The molecule has 0 aliphatic heterocycles. The number of carbonyl (C=O) groups excluding carboxylic acids is 2. The molecule has 0 unspecified atom stereocenters. The summed E-state index contributed by atoms with van der Waals surface area (Å²) in [5, 5.41) is 3.04. The first kappa shape index (κ1) is 20.7. The molecule has 0 spiro atoms. The number of hydrogen-bond donors (Lipinski definition) is 1. The van der Waals surface area contributed by atoms with Crippen molar-refractivity contribution in [3.05, 3.63) is 71.3 Å². The summed E-state index contributed by atoms with van der Waals surface area (Å²) in [5.41, 5.74) is 0.436. The Balaban J connectivity index is 1.10. The van der Waals surface area contributed by atoms with Crippen molar-refractivity contribution in [1.29, 1.82) is 0 Å². The molecule has 3 saturated carbocycles. The molecule has 3 aromatic rings. The molecule has 32 heavy (non-hydrogen) atoms. The van der Waals surface area contributed by atoms with Crippen LogP contribution in [0.1, 0.15) is 36.2 Å². The van der Waals surface area contributed by atoms with Gasteiger partial charge in [0.05, 0.1) is 11.2 Å². The molecule has 1 heterocycles. The summed E-state index contributed by atoms with van der Waals surface area (Å²) < 4.78 is 24.5. The fourth-order valence-electron chi connectivity index (χ4n) is 4.91. The molecule has 0 atom stereocenters. The molecular weight excluding hydrogens is 435 g/mol. The van der Waals surface area contributed by atoms with Gasteiger partial charge in [-0.2, -0.15) is 0 Å². The summed E-state index contributed by atoms with van der Waals surface area (Å²) in [6.45, 7) is -0.123. The second-order valence-corrected chi connectivity index (χ2v) is 9.15. The summed E-state index contributed by atoms with van der Waals surface area (Å²) >= 11 is 5.64. The van der Waals surface area contributed by atoms with Gasteiger partial charge in [0, 0.05) is 23.6 Å². The van der Waals surface area contributed by atoms with Gasteiger partial charge in [0.15, 0.2) is 5.78 Å². The molecule has 1 aromatic heterocycles. The van der Waals surface area contributed by atoms with E-state index in [0.29, 0.717) is 12.3 Å². The number of carbonyl (C=O) groups is 2. The summed E-state index contributed by atoms with van der Waals surface area (Å²) in [6, 6.07) is 13.5. The van der Waals surface area contributed by atoms with Crippen LogP contribution in [0.5, 0.6) is 5.75 Å². The van der Waals surface area contributed by atoms with Crippen molar-refractivity contribution in [3.8, 4) is 17.2 Å². The Labute approximate surface area is 188 Å². The lowest BCUT2D eigenvalue weighted by Gasteiger charge is -2.70. The molecule has 0 radical (unpaired) electrons. The van der Waals surface area contributed by atoms with E-state index in [4.69, 9.17) is 20.8 Å². The molecule has 2 bridgehead atoms. The molecule has 2 aromatic carbocycles. The Hall–Kier alpha value is -3.19. The summed E-state index contributed by atoms with van der Waals surface area (Å²) in [7, 11) is 0. The largest absolute Gasteiger partial charge is 0.486 e. The predicted octanol–water partition coefficient (Wildman–Crippen LogP) is 4.82. The number of benzene rings is 2. The standard InChI is InChI=1S/C24H20ClFN2O4/c25-18-7-6-17(8-19(18)26)31-11-16(29)9-23-12-24(13-23,14-23)28-21(30)20-10-27-22(32-20)15-4-2-1-3-5-15/h1-8,10H,9,11-14H2,(H,28,30). The van der Waals surface area contributed by atoms with Crippen LogP contribution in [0.4, 0.5) is 4.39 Å². The maximum atomic E-state index is 13.5. The number of ether oxygens (including phenoxy) is 1. The van der Waals surface area contributed by atoms with Crippen LogP contribution in [0.2, 0.25) is 5.02 Å². The van der Waals surface area contributed by atoms with E-state index < -0.39 is 5.82 Å². The van der Waals surface area contributed by atoms with E-state index in [2.05, 4.69) is 10.3 Å². The minimum Gasteiger partial charge on any atom is -0.486 e. The molecule has 0 saturated heterocycles. The van der Waals surface area contributed by atoms with E-state index in [1.807, 2.05) is 30.3 Å². The molecule has 1 N–H and O–H groups in total. The predicted molar refractivity (Wildman–Crippen MR) is 115 cm³/mol. The van der Waals surface area contributed by atoms with Crippen LogP contribution in [0, 0.1) is 11.2 Å². The van der Waals surface area contributed by atoms with Crippen molar-refractivity contribution >= 4 is 23.3 Å². The number of amides is 1. The second-order valence-electron chi connectivity index (χ2n) is 8.74. The smallest absolute Gasteiger partial charge is 0.289 e. The Morgan fingerprint density at radius 1 is 1.16 bits per heavy atom. The minimum absolute atomic E-state index is 0.00603. The van der Waals surface area contributed by atoms with Crippen molar-refractivity contribution in [1.82, 2.24) is 10.3 Å². The molecule has 6 nitrogen and oxygen atoms in total. The van der Waals surface area contributed by atoms with Gasteiger partial charge in [0.25, 0.3) is 5.91 Å². The van der Waals surface area contributed by atoms with Crippen molar-refractivity contribution in [2.75, 3.05) is 6.61 Å². The number of Topliss-reactive ketones (excluding diaryl/α,β-unsaturated/α-hetero) is 1. The van der Waals surface area contributed by atoms with Gasteiger partial charge in [0.1, 0.15) is 18.2 Å². The Morgan fingerprint density at radius 3 is 2.62 bits per heavy atom. The molecule has 3 aliphatic carbocycles. The maximum absolute atomic E-state index is 13.5. The average Bonchev–Trinajstić information content (AvgIpc) is 3.23. The highest BCUT2D eigenvalue weighted by atomic mass is 35.5. The fourth-order valence-corrected chi connectivity index (χ4v) is 5.03. The topological polar surface area (TPSA) is 81.4 Å². The van der Waals surface area contributed by atoms with Crippen molar-refractivity contribution in [2.24, 2.45) is 5.41 Å². The third-order valence-electron chi connectivity index (χ3n) is 6.13. The molecule has 3 aliphatic rings. The monoisotopic (exact) mass is 454 g/mol. The molecule has 8 heteroatoms. The fraction of sp³-hybridized carbons (Fsp3) is 0.292. The van der Waals surface area contributed by atoms with Crippen LogP contribution in [0.25, 0.3) is 11.5 Å². The first-order chi connectivity index (χ1) is 15.4. The Kier molecular flexibility index (Phi) is 5.01. The van der Waals surface area contributed by atoms with E-state index >= 15 is 0 Å². The third-order valence-corrected chi connectivity index (χ3v) is 6.44. The molecule has 164 valence electrons. The zero-order valence-corrected chi connectivity index (χ0v) is 17.8. The number of ketones is 1. The first-order valence-electron chi connectivity index (χ1n) is 10.3. The van der Waals surface area contributed by atoms with E-state index in [9.17, 15) is 14.0 Å². The number of nitrogens with one attached hydrogen (secondary N) is 1. The maximum Gasteiger partial charge on any atom is 0.289 e. The Morgan fingerprint density at radius 2 is 1.91 bits per heavy atom. The quantitative estimate of drug-likeness (QED) is 0.527. The number of hydrogen-bond acceptors (Lipinski definition) is 5. The van der Waals surface area contributed by atoms with Gasteiger partial charge in [-0.15, -0.1) is 0 Å². The van der Waals surface area contributed by atoms with Crippen molar-refractivity contribution in [3.63, 3.8) is 0 Å². The lowest BCUT2D eigenvalue weighted by molar-refractivity contribution is -0.162. The highest BCUT2D eigenvalue weighted by Gasteiger charge is 2.68. The van der Waals surface area contributed by atoms with Gasteiger partial charge in [0.2, 0.25) is 11.7 Å². The van der Waals surface area contributed by atoms with E-state index in [1.54, 1.807) is 0 Å². The van der Waals surface area contributed by atoms with Gasteiger partial charge >= 0.3 is 0 Å². The van der Waals surface area contributed by atoms with Crippen LogP contribution < -0.4 is 10.1 Å². The van der Waals surface area contributed by atoms with Crippen LogP contribution in [-0.4, -0.2) is 28.8 Å². The minimum atomic E-state index is -0.587. The van der Waals surface area contributed by atoms with Gasteiger partial charge in [-0.1, -0.05) is 29.8 Å². The van der Waals surface area contributed by atoms with Gasteiger partial charge < -0.3 is 14.5 Å². The van der Waals surface area contributed by atoms with Crippen molar-refractivity contribution in [2.45, 2.75) is 31.2 Å². The van der Waals surface area contributed by atoms with Crippen LogP contribution >= 0.6 is 11.6 Å². The number of halogens is 2. The second kappa shape index (κ2) is 7.74. The highest BCUT2D eigenvalue weighted by molar-refractivity contribution is 6.30. The lowest BCUT2D eigenvalue weighted by atomic mass is 9.38. The molecule has 6 rings (SSSR count). The summed E-state index contributed by atoms with van der Waals surface area (Å²) in [5.74, 6) is -0.103. The van der Waals surface area contributed by atoms with Gasteiger partial charge in [-0.3, -0.25) is 9.59 Å². The normalized spacial score (nSPS) is 23.1. The number of aromatic nitrogens is 1. The van der Waals surface area contributed by atoms with E-state index in [-0.39, 0.29) is 45.8 Å². The van der Waals surface area contributed by atoms with Crippen LogP contribution in [0.15, 0.2) is 59.1 Å². The van der Waals surface area contributed by atoms with E-state index in [0.717, 1.165) is 30.9 Å². The van der Waals surface area contributed by atoms with Crippen LogP contribution in [0.3, 0.4) is 0 Å². The van der Waals surface area contributed by atoms with Crippen LogP contribution in [-0.2, 0) is 4.79 Å². The highest BCUT2D eigenvalue weighted by Crippen LogP contribution is 2.69. The molecule has 3 fully saturated rings. The SMILES string of the molecule is O=C(COc1ccc(Cl)c(F)c1)CC12CC(NC(=O)c3cnc(-c4ccccc4)o3)(C1)C2. The molecule has 1 amide bonds. The van der Waals surface area contributed by atoms with Gasteiger partial charge in [-0.05, 0) is 48.9 Å². The number of oxazole rings is 1.